The van der Waals surface area contributed by atoms with Crippen molar-refractivity contribution in [3.05, 3.63) is 95.5 Å². The van der Waals surface area contributed by atoms with E-state index in [1.165, 1.54) is 4.68 Å². The zero-order valence-electron chi connectivity index (χ0n) is 13.2. The highest BCUT2D eigenvalue weighted by Crippen LogP contribution is 2.21. The maximum absolute atomic E-state index is 12.0. The first kappa shape index (κ1) is 15.0. The van der Waals surface area contributed by atoms with Crippen LogP contribution in [0.1, 0.15) is 0 Å². The first-order valence-corrected chi connectivity index (χ1v) is 7.78. The van der Waals surface area contributed by atoms with Gasteiger partial charge >= 0.3 is 11.8 Å². The van der Waals surface area contributed by atoms with Crippen LogP contribution in [0, 0.1) is 0 Å². The lowest BCUT2D eigenvalue weighted by atomic mass is 10.1. The van der Waals surface area contributed by atoms with Crippen molar-refractivity contribution in [1.29, 1.82) is 0 Å². The van der Waals surface area contributed by atoms with Crippen molar-refractivity contribution in [3.8, 4) is 28.6 Å². The number of para-hydroxylation sites is 1. The molecule has 0 saturated carbocycles. The van der Waals surface area contributed by atoms with E-state index >= 15 is 0 Å². The maximum Gasteiger partial charge on any atom is 0.444 e. The lowest BCUT2D eigenvalue weighted by Gasteiger charge is -2.03. The largest absolute Gasteiger partial charge is 0.444 e. The number of nitrogens with zero attached hydrogens (tertiary/aromatic N) is 2. The van der Waals surface area contributed by atoms with E-state index in [2.05, 4.69) is 5.10 Å². The molecule has 1 heterocycles. The summed E-state index contributed by atoms with van der Waals surface area (Å²) in [6, 6.07) is 26.5. The summed E-state index contributed by atoms with van der Waals surface area (Å²) in [7, 11) is 0. The molecule has 0 aliphatic carbocycles. The van der Waals surface area contributed by atoms with Gasteiger partial charge in [0, 0.05) is 0 Å². The number of rotatable bonds is 4. The molecule has 0 N–H and O–H groups in total. The van der Waals surface area contributed by atoms with Crippen LogP contribution >= 0.6 is 0 Å². The molecule has 0 amide bonds. The summed E-state index contributed by atoms with van der Waals surface area (Å²) in [5.74, 6) is -0.0475. The second-order valence-corrected chi connectivity index (χ2v) is 5.37. The Morgan fingerprint density at radius 1 is 0.760 bits per heavy atom. The van der Waals surface area contributed by atoms with Gasteiger partial charge in [0.25, 0.3) is 0 Å². The van der Waals surface area contributed by atoms with Gasteiger partial charge in [-0.2, -0.15) is 4.68 Å². The highest BCUT2D eigenvalue weighted by Gasteiger charge is 2.12. The zero-order chi connectivity index (χ0) is 17.1. The van der Waals surface area contributed by atoms with Crippen LogP contribution in [-0.4, -0.2) is 9.78 Å². The lowest BCUT2D eigenvalue weighted by Crippen LogP contribution is -2.13. The van der Waals surface area contributed by atoms with Gasteiger partial charge < -0.3 is 9.15 Å². The molecule has 0 atom stereocenters. The molecule has 0 unspecified atom stereocenters. The molecule has 4 rings (SSSR count). The molecule has 4 aromatic rings. The highest BCUT2D eigenvalue weighted by molar-refractivity contribution is 5.64. The highest BCUT2D eigenvalue weighted by atomic mass is 16.6. The summed E-state index contributed by atoms with van der Waals surface area (Å²) in [6.45, 7) is 0. The van der Waals surface area contributed by atoms with E-state index in [1.807, 2.05) is 72.8 Å². The van der Waals surface area contributed by atoms with Gasteiger partial charge in [0.2, 0.25) is 0 Å². The van der Waals surface area contributed by atoms with Crippen LogP contribution in [-0.2, 0) is 0 Å². The van der Waals surface area contributed by atoms with Gasteiger partial charge in [0.05, 0.1) is 5.69 Å². The van der Waals surface area contributed by atoms with Crippen molar-refractivity contribution in [3.63, 3.8) is 0 Å². The van der Waals surface area contributed by atoms with Crippen molar-refractivity contribution in [2.75, 3.05) is 0 Å². The third-order valence-electron chi connectivity index (χ3n) is 3.70. The number of hydrogen-bond donors (Lipinski definition) is 0. The smallest absolute Gasteiger partial charge is 0.410 e. The summed E-state index contributed by atoms with van der Waals surface area (Å²) in [5.41, 5.74) is 2.77. The molecular weight excluding hydrogens is 316 g/mol. The van der Waals surface area contributed by atoms with Crippen LogP contribution in [0.25, 0.3) is 16.8 Å². The van der Waals surface area contributed by atoms with Crippen LogP contribution in [0.15, 0.2) is 94.1 Å². The van der Waals surface area contributed by atoms with Gasteiger partial charge in [-0.3, -0.25) is 0 Å². The van der Waals surface area contributed by atoms with Crippen LogP contribution in [0.3, 0.4) is 0 Å². The fraction of sp³-hybridized carbons (Fsp3) is 0. The summed E-state index contributed by atoms with van der Waals surface area (Å²) in [4.78, 5) is 12.0. The van der Waals surface area contributed by atoms with Crippen LogP contribution in [0.5, 0.6) is 11.8 Å². The van der Waals surface area contributed by atoms with E-state index in [0.717, 1.165) is 11.1 Å². The molecule has 122 valence electrons. The second kappa shape index (κ2) is 6.49. The molecular formula is C20H14N2O3. The number of aromatic nitrogens is 2. The summed E-state index contributed by atoms with van der Waals surface area (Å²) in [5, 5.41) is 4.09. The minimum atomic E-state index is -0.599. The number of ether oxygens (including phenoxy) is 1. The van der Waals surface area contributed by atoms with Gasteiger partial charge in [-0.25, -0.2) is 4.79 Å². The normalized spacial score (nSPS) is 10.6. The third-order valence-corrected chi connectivity index (χ3v) is 3.70. The Bertz CT molecular complexity index is 1020. The molecule has 0 aliphatic heterocycles. The molecule has 0 spiro atoms. The van der Waals surface area contributed by atoms with Crippen LogP contribution in [0.2, 0.25) is 0 Å². The van der Waals surface area contributed by atoms with Gasteiger partial charge in [-0.1, -0.05) is 65.8 Å². The second-order valence-electron chi connectivity index (χ2n) is 5.37. The fourth-order valence-corrected chi connectivity index (χ4v) is 2.48. The minimum Gasteiger partial charge on any atom is -0.410 e. The molecule has 1 aromatic heterocycles. The number of hydrogen-bond acceptors (Lipinski definition) is 4. The molecule has 5 nitrogen and oxygen atoms in total. The Morgan fingerprint density at radius 3 is 2.04 bits per heavy atom. The van der Waals surface area contributed by atoms with E-state index in [-0.39, 0.29) is 6.08 Å². The molecule has 3 aromatic carbocycles. The predicted molar refractivity (Wildman–Crippen MR) is 94.1 cm³/mol. The van der Waals surface area contributed by atoms with Crippen LogP contribution < -0.4 is 10.5 Å². The van der Waals surface area contributed by atoms with Gasteiger partial charge in [0.1, 0.15) is 5.75 Å². The molecule has 25 heavy (non-hydrogen) atoms. The van der Waals surface area contributed by atoms with Crippen molar-refractivity contribution in [2.45, 2.75) is 0 Å². The summed E-state index contributed by atoms with van der Waals surface area (Å²) >= 11 is 0. The Morgan fingerprint density at radius 2 is 1.36 bits per heavy atom. The molecule has 0 fully saturated rings. The Labute approximate surface area is 143 Å². The van der Waals surface area contributed by atoms with E-state index < -0.39 is 5.76 Å². The maximum atomic E-state index is 12.0. The third kappa shape index (κ3) is 3.21. The van der Waals surface area contributed by atoms with Crippen molar-refractivity contribution >= 4 is 0 Å². The van der Waals surface area contributed by atoms with E-state index in [4.69, 9.17) is 9.15 Å². The van der Waals surface area contributed by atoms with E-state index in [9.17, 15) is 4.79 Å². The molecule has 0 bridgehead atoms. The standard InChI is InChI=1S/C20H14N2O3/c23-20-22(21-19(25-20)24-18-9-5-2-6-10-18)17-13-11-16(12-14-17)15-7-3-1-4-8-15/h1-14H. The quantitative estimate of drug-likeness (QED) is 0.560. The van der Waals surface area contributed by atoms with Gasteiger partial charge in [-0.05, 0) is 35.4 Å². The molecule has 0 radical (unpaired) electrons. The Balaban J connectivity index is 1.61. The zero-order valence-corrected chi connectivity index (χ0v) is 13.2. The fourth-order valence-electron chi connectivity index (χ4n) is 2.48. The first-order chi connectivity index (χ1) is 12.3. The van der Waals surface area contributed by atoms with Crippen molar-refractivity contribution < 1.29 is 9.15 Å². The predicted octanol–water partition coefficient (Wildman–Crippen LogP) is 4.28. The Hall–Kier alpha value is -3.60. The SMILES string of the molecule is O=c1oc(Oc2ccccc2)nn1-c1ccc(-c2ccccc2)cc1. The molecule has 5 heteroatoms. The van der Waals surface area contributed by atoms with Crippen molar-refractivity contribution in [2.24, 2.45) is 0 Å². The topological polar surface area (TPSA) is 57.3 Å². The van der Waals surface area contributed by atoms with Gasteiger partial charge in [-0.15, -0.1) is 0 Å². The molecule has 0 saturated heterocycles. The van der Waals surface area contributed by atoms with Gasteiger partial charge in [0.15, 0.2) is 0 Å². The van der Waals surface area contributed by atoms with Crippen LogP contribution in [0.4, 0.5) is 0 Å². The first-order valence-electron chi connectivity index (χ1n) is 7.78. The lowest BCUT2D eigenvalue weighted by molar-refractivity contribution is 0.320. The monoisotopic (exact) mass is 330 g/mol. The van der Waals surface area contributed by atoms with E-state index in [0.29, 0.717) is 11.4 Å². The number of benzene rings is 3. The summed E-state index contributed by atoms with van der Waals surface area (Å²) in [6.07, 6.45) is -0.0941. The average molecular weight is 330 g/mol. The molecule has 0 aliphatic rings. The minimum absolute atomic E-state index is 0.0941. The average Bonchev–Trinajstić information content (AvgIpc) is 3.03. The summed E-state index contributed by atoms with van der Waals surface area (Å²) < 4.78 is 11.7. The Kier molecular flexibility index (Phi) is 3.88. The van der Waals surface area contributed by atoms with Crippen molar-refractivity contribution in [1.82, 2.24) is 9.78 Å². The van der Waals surface area contributed by atoms with E-state index in [1.54, 1.807) is 12.1 Å².